The third-order valence-electron chi connectivity index (χ3n) is 9.96. The van der Waals surface area contributed by atoms with Crippen LogP contribution in [0.5, 0.6) is 0 Å². The Morgan fingerprint density at radius 1 is 0.426 bits per heavy atom. The molecule has 0 amide bonds. The summed E-state index contributed by atoms with van der Waals surface area (Å²) < 4.78 is 6.72. The van der Waals surface area contributed by atoms with Gasteiger partial charge in [0.15, 0.2) is 0 Å². The van der Waals surface area contributed by atoms with Crippen LogP contribution in [0.3, 0.4) is 0 Å². The fraction of sp³-hybridized carbons (Fsp3) is 0.977. The average Bonchev–Trinajstić information content (AvgIpc) is 3.04. The Balaban J connectivity index is 3.14. The summed E-state index contributed by atoms with van der Waals surface area (Å²) in [4.78, 5) is 12.2. The van der Waals surface area contributed by atoms with E-state index in [0.717, 1.165) is 43.3 Å². The lowest BCUT2D eigenvalue weighted by atomic mass is 10.0. The van der Waals surface area contributed by atoms with Gasteiger partial charge in [-0.05, 0) is 12.8 Å². The maximum Gasteiger partial charge on any atom is 0.132 e. The second-order valence-electron chi connectivity index (χ2n) is 16.1. The number of Topliss-reactive ketones (excluding diaryl/α,β-unsaturated/α-hetero) is 1. The molecule has 0 saturated carbocycles. The Morgan fingerprint density at radius 2 is 0.702 bits per heavy atom. The highest BCUT2D eigenvalue weighted by molar-refractivity contribution is 7.32. The van der Waals surface area contributed by atoms with Gasteiger partial charge in [-0.2, -0.15) is 6.16 Å². The van der Waals surface area contributed by atoms with Crippen LogP contribution < -0.4 is 0 Å². The lowest BCUT2D eigenvalue weighted by molar-refractivity contribution is -0.870. The van der Waals surface area contributed by atoms with Gasteiger partial charge in [-0.15, -0.1) is 0 Å². The number of likely N-dealkylation sites (N-methyl/N-ethyl adjacent to an activating group) is 1. The van der Waals surface area contributed by atoms with Gasteiger partial charge in [0.25, 0.3) is 0 Å². The standard InChI is InChI=1S/C43H88NO2P/c1-5-6-7-8-9-10-11-20-23-26-29-32-35-38-43(45)39-36-33-30-27-24-21-18-16-14-12-13-15-17-19-22-25-28-31-34-37-42-47-46-41-40-44(2,3)4/h5-42H2,1-4H3. The highest BCUT2D eigenvalue weighted by Gasteiger charge is 2.04. The third-order valence-corrected chi connectivity index (χ3v) is 10.8. The van der Waals surface area contributed by atoms with Crippen molar-refractivity contribution in [3.63, 3.8) is 0 Å². The quantitative estimate of drug-likeness (QED) is 0.0365. The molecule has 0 heterocycles. The van der Waals surface area contributed by atoms with E-state index in [0.29, 0.717) is 5.78 Å². The van der Waals surface area contributed by atoms with Crippen molar-refractivity contribution in [3.05, 3.63) is 0 Å². The summed E-state index contributed by atoms with van der Waals surface area (Å²) in [7, 11) is 7.86. The van der Waals surface area contributed by atoms with E-state index < -0.39 is 0 Å². The number of unbranched alkanes of at least 4 members (excludes halogenated alkanes) is 31. The summed E-state index contributed by atoms with van der Waals surface area (Å²) in [5, 5.41) is 0. The van der Waals surface area contributed by atoms with Crippen LogP contribution in [0.15, 0.2) is 0 Å². The van der Waals surface area contributed by atoms with Gasteiger partial charge in [0.2, 0.25) is 0 Å². The fourth-order valence-corrected chi connectivity index (χ4v) is 7.28. The molecule has 0 aliphatic carbocycles. The first kappa shape index (κ1) is 47.0. The minimum atomic E-state index is 0.526. The average molecular weight is 682 g/mol. The first-order valence-electron chi connectivity index (χ1n) is 21.6. The number of carbonyl (C=O) groups excluding carboxylic acids is 1. The summed E-state index contributed by atoms with van der Waals surface area (Å²) in [5.74, 6) is 0.526. The molecule has 0 aromatic heterocycles. The highest BCUT2D eigenvalue weighted by atomic mass is 31.1. The van der Waals surface area contributed by atoms with Crippen LogP contribution in [0, 0.1) is 0 Å². The summed E-state index contributed by atoms with van der Waals surface area (Å²) in [6, 6.07) is 0. The van der Waals surface area contributed by atoms with Gasteiger partial charge in [-0.3, -0.25) is 4.79 Å². The highest BCUT2D eigenvalue weighted by Crippen LogP contribution is 2.18. The molecule has 4 heteroatoms. The molecule has 0 saturated heterocycles. The Kier molecular flexibility index (Phi) is 38.8. The monoisotopic (exact) mass is 682 g/mol. The molecule has 0 rings (SSSR count). The number of hydrogen-bond acceptors (Lipinski definition) is 2. The maximum atomic E-state index is 12.2. The first-order chi connectivity index (χ1) is 23.0. The largest absolute Gasteiger partial charge is 0.553 e. The maximum absolute atomic E-state index is 12.2. The van der Waals surface area contributed by atoms with Crippen molar-refractivity contribution in [1.29, 1.82) is 0 Å². The number of nitrogens with zero attached hydrogens (tertiary/aromatic N) is 1. The van der Waals surface area contributed by atoms with Crippen molar-refractivity contribution in [2.45, 2.75) is 232 Å². The number of rotatable bonds is 41. The van der Waals surface area contributed by atoms with Crippen molar-refractivity contribution < 1.29 is 13.8 Å². The molecule has 0 spiro atoms. The van der Waals surface area contributed by atoms with E-state index in [1.165, 1.54) is 214 Å². The summed E-state index contributed by atoms with van der Waals surface area (Å²) >= 11 is 0. The lowest BCUT2D eigenvalue weighted by Crippen LogP contribution is -2.37. The van der Waals surface area contributed by atoms with Crippen LogP contribution in [-0.2, 0) is 9.32 Å². The summed E-state index contributed by atoms with van der Waals surface area (Å²) in [6.07, 6.45) is 48.7. The predicted molar refractivity (Wildman–Crippen MR) is 213 cm³/mol. The molecule has 47 heavy (non-hydrogen) atoms. The van der Waals surface area contributed by atoms with Gasteiger partial charge in [0.05, 0.1) is 34.3 Å². The minimum absolute atomic E-state index is 0.526. The minimum Gasteiger partial charge on any atom is -0.553 e. The second kappa shape index (κ2) is 38.8. The molecule has 0 N–H and O–H groups in total. The number of quaternary nitrogens is 1. The smallest absolute Gasteiger partial charge is 0.132 e. The van der Waals surface area contributed by atoms with Crippen LogP contribution in [0.2, 0.25) is 0 Å². The van der Waals surface area contributed by atoms with Crippen molar-refractivity contribution >= 4 is 14.6 Å². The van der Waals surface area contributed by atoms with Gasteiger partial charge in [0.1, 0.15) is 5.78 Å². The Labute approximate surface area is 299 Å². The molecular weight excluding hydrogens is 593 g/mol. The van der Waals surface area contributed by atoms with E-state index in [1.54, 1.807) is 0 Å². The van der Waals surface area contributed by atoms with Crippen LogP contribution in [0.4, 0.5) is 0 Å². The molecule has 0 atom stereocenters. The molecule has 0 aromatic rings. The topological polar surface area (TPSA) is 26.3 Å². The van der Waals surface area contributed by atoms with Gasteiger partial charge >= 0.3 is 0 Å². The van der Waals surface area contributed by atoms with Crippen molar-refractivity contribution in [2.24, 2.45) is 0 Å². The molecule has 0 bridgehead atoms. The molecule has 0 aromatic carbocycles. The lowest BCUT2D eigenvalue weighted by Gasteiger charge is -2.27. The zero-order valence-corrected chi connectivity index (χ0v) is 34.0. The van der Waals surface area contributed by atoms with E-state index in [9.17, 15) is 4.79 Å². The van der Waals surface area contributed by atoms with Crippen LogP contribution in [0.25, 0.3) is 0 Å². The number of carbonyl (C=O) groups is 1. The summed E-state index contributed by atoms with van der Waals surface area (Å²) in [6.45, 7) is 4.27. The molecule has 3 nitrogen and oxygen atoms in total. The third kappa shape index (κ3) is 44.0. The fourth-order valence-electron chi connectivity index (χ4n) is 6.59. The van der Waals surface area contributed by atoms with E-state index in [-0.39, 0.29) is 0 Å². The van der Waals surface area contributed by atoms with Crippen LogP contribution in [0.1, 0.15) is 232 Å². The number of hydrogen-bond donors (Lipinski definition) is 0. The molecule has 0 aliphatic heterocycles. The Hall–Kier alpha value is 0.0200. The molecule has 0 radical (unpaired) electrons. The van der Waals surface area contributed by atoms with Crippen molar-refractivity contribution in [3.8, 4) is 0 Å². The van der Waals surface area contributed by atoms with Gasteiger partial charge in [-0.25, -0.2) is 0 Å². The van der Waals surface area contributed by atoms with E-state index >= 15 is 0 Å². The first-order valence-corrected chi connectivity index (χ1v) is 22.6. The Morgan fingerprint density at radius 3 is 1.00 bits per heavy atom. The van der Waals surface area contributed by atoms with Crippen molar-refractivity contribution in [2.75, 3.05) is 40.5 Å². The van der Waals surface area contributed by atoms with Crippen LogP contribution in [-0.4, -0.2) is 50.7 Å². The molecule has 0 aliphatic rings. The zero-order valence-electron chi connectivity index (χ0n) is 33.1. The molecule has 0 unspecified atom stereocenters. The molecule has 0 fully saturated rings. The SMILES string of the molecule is CCCCCCCCCCCCCCCC(=O)CCCCCCCCCCCCCCCCCCCCCC[P-]OCC[N+](C)(C)C. The number of ketones is 1. The van der Waals surface area contributed by atoms with E-state index in [2.05, 4.69) is 28.1 Å². The normalized spacial score (nSPS) is 12.2. The molecular formula is C43H88NO2P. The van der Waals surface area contributed by atoms with E-state index in [1.807, 2.05) is 0 Å². The van der Waals surface area contributed by atoms with E-state index in [4.69, 9.17) is 4.52 Å². The van der Waals surface area contributed by atoms with Crippen LogP contribution >= 0.6 is 8.81 Å². The zero-order chi connectivity index (χ0) is 34.4. The van der Waals surface area contributed by atoms with Gasteiger partial charge < -0.3 is 17.8 Å². The molecule has 282 valence electrons. The predicted octanol–water partition coefficient (Wildman–Crippen LogP) is 14.8. The van der Waals surface area contributed by atoms with Gasteiger partial charge in [-0.1, -0.05) is 206 Å². The summed E-state index contributed by atoms with van der Waals surface area (Å²) in [5.41, 5.74) is 0. The Bertz CT molecular complexity index is 605. The van der Waals surface area contributed by atoms with Crippen molar-refractivity contribution in [1.82, 2.24) is 0 Å². The van der Waals surface area contributed by atoms with Gasteiger partial charge in [0, 0.05) is 12.8 Å². The second-order valence-corrected chi connectivity index (χ2v) is 17.0.